The average molecular weight is 193 g/mol. The van der Waals surface area contributed by atoms with Crippen LogP contribution < -0.4 is 4.57 Å². The first kappa shape index (κ1) is 11.0. The Hall–Kier alpha value is -1.05. The van der Waals surface area contributed by atoms with Gasteiger partial charge in [0.15, 0.2) is 0 Å². The largest absolute Gasteiger partial charge is 0.283 e. The number of hydrogen-bond acceptors (Lipinski definition) is 0. The van der Waals surface area contributed by atoms with Crippen molar-refractivity contribution in [3.63, 3.8) is 0 Å². The topological polar surface area (TPSA) is 8.81 Å². The van der Waals surface area contributed by atoms with Gasteiger partial charge in [-0.25, -0.2) is 9.13 Å². The van der Waals surface area contributed by atoms with Crippen molar-refractivity contribution in [2.75, 3.05) is 0 Å². The van der Waals surface area contributed by atoms with Gasteiger partial charge in [-0.1, -0.05) is 26.8 Å². The average Bonchev–Trinajstić information content (AvgIpc) is 2.55. The van der Waals surface area contributed by atoms with Gasteiger partial charge in [-0.2, -0.15) is 0 Å². The van der Waals surface area contributed by atoms with Gasteiger partial charge in [-0.15, -0.1) is 0 Å². The lowest BCUT2D eigenvalue weighted by atomic mass is 10.2. The molecule has 1 heterocycles. The molecule has 0 unspecified atom stereocenters. The highest BCUT2D eigenvalue weighted by molar-refractivity contribution is 5.54. The molecule has 0 spiro atoms. The maximum Gasteiger partial charge on any atom is 0.283 e. The highest BCUT2D eigenvalue weighted by Crippen LogP contribution is 2.12. The van der Waals surface area contributed by atoms with Crippen molar-refractivity contribution in [3.05, 3.63) is 24.8 Å². The lowest BCUT2D eigenvalue weighted by Crippen LogP contribution is -2.31. The number of allylic oxidation sites excluding steroid dienone is 1. The normalized spacial score (nSPS) is 10.5. The van der Waals surface area contributed by atoms with Gasteiger partial charge in [-0.3, -0.25) is 0 Å². The van der Waals surface area contributed by atoms with E-state index in [4.69, 9.17) is 0 Å². The quantitative estimate of drug-likeness (QED) is 0.635. The van der Waals surface area contributed by atoms with Gasteiger partial charge in [0.05, 0.1) is 13.6 Å². The number of hydrogen-bond donors (Lipinski definition) is 0. The highest BCUT2D eigenvalue weighted by atomic mass is 15.1. The molecule has 1 aromatic heterocycles. The molecule has 14 heavy (non-hydrogen) atoms. The predicted molar refractivity (Wildman–Crippen MR) is 59.8 cm³/mol. The number of unbranched alkanes of at least 4 members (excludes halogenated alkanes) is 1. The van der Waals surface area contributed by atoms with Crippen molar-refractivity contribution >= 4 is 5.57 Å². The Labute approximate surface area is 86.9 Å². The number of nitrogens with zero attached hydrogens (tertiary/aromatic N) is 2. The highest BCUT2D eigenvalue weighted by Gasteiger charge is 2.15. The Kier molecular flexibility index (Phi) is 3.93. The van der Waals surface area contributed by atoms with E-state index in [2.05, 4.69) is 49.0 Å². The Morgan fingerprint density at radius 3 is 2.79 bits per heavy atom. The maximum atomic E-state index is 4.10. The van der Waals surface area contributed by atoms with Crippen LogP contribution >= 0.6 is 0 Å². The van der Waals surface area contributed by atoms with Gasteiger partial charge in [0, 0.05) is 5.57 Å². The molecular formula is C12H21N2+. The van der Waals surface area contributed by atoms with Gasteiger partial charge in [0.2, 0.25) is 0 Å². The van der Waals surface area contributed by atoms with Gasteiger partial charge < -0.3 is 0 Å². The number of rotatable bonds is 5. The van der Waals surface area contributed by atoms with E-state index in [0.29, 0.717) is 0 Å². The van der Waals surface area contributed by atoms with Crippen LogP contribution in [0.2, 0.25) is 0 Å². The molecular weight excluding hydrogens is 172 g/mol. The fourth-order valence-corrected chi connectivity index (χ4v) is 1.64. The summed E-state index contributed by atoms with van der Waals surface area (Å²) >= 11 is 0. The molecule has 0 aromatic carbocycles. The summed E-state index contributed by atoms with van der Waals surface area (Å²) in [6.07, 6.45) is 7.74. The summed E-state index contributed by atoms with van der Waals surface area (Å²) in [5.41, 5.74) is 1.22. The van der Waals surface area contributed by atoms with Crippen molar-refractivity contribution in [3.8, 4) is 0 Å². The van der Waals surface area contributed by atoms with Gasteiger partial charge in [0.25, 0.3) is 5.82 Å². The van der Waals surface area contributed by atoms with Crippen molar-refractivity contribution in [1.29, 1.82) is 0 Å². The molecule has 0 amide bonds. The minimum atomic E-state index is 1.02. The van der Waals surface area contributed by atoms with Crippen LogP contribution in [0.1, 0.15) is 38.9 Å². The first-order chi connectivity index (χ1) is 6.70. The summed E-state index contributed by atoms with van der Waals surface area (Å²) in [7, 11) is 2.08. The Morgan fingerprint density at radius 1 is 1.50 bits per heavy atom. The van der Waals surface area contributed by atoms with Gasteiger partial charge >= 0.3 is 0 Å². The molecule has 0 radical (unpaired) electrons. The smallest absolute Gasteiger partial charge is 0.233 e. The molecule has 0 aliphatic rings. The van der Waals surface area contributed by atoms with Crippen LogP contribution in [0, 0.1) is 0 Å². The summed E-state index contributed by atoms with van der Waals surface area (Å²) in [5.74, 6) is 1.26. The second-order valence-corrected chi connectivity index (χ2v) is 3.74. The molecule has 0 bridgehead atoms. The standard InChI is InChI=1S/C12H21N2/c1-5-7-8-14-10-9-13(4)12(14)11(3)6-2/h9-10H,3,5-8H2,1-2,4H3/q+1. The van der Waals surface area contributed by atoms with Crippen LogP contribution in [0.3, 0.4) is 0 Å². The van der Waals surface area contributed by atoms with Crippen LogP contribution in [0.5, 0.6) is 0 Å². The molecule has 0 saturated heterocycles. The van der Waals surface area contributed by atoms with Crippen molar-refractivity contribution in [1.82, 2.24) is 4.57 Å². The minimum absolute atomic E-state index is 1.02. The van der Waals surface area contributed by atoms with E-state index in [1.54, 1.807) is 0 Å². The lowest BCUT2D eigenvalue weighted by Gasteiger charge is -2.02. The third-order valence-corrected chi connectivity index (χ3v) is 2.57. The second-order valence-electron chi connectivity index (χ2n) is 3.74. The maximum absolute atomic E-state index is 4.10. The van der Waals surface area contributed by atoms with Crippen molar-refractivity contribution in [2.45, 2.75) is 39.7 Å². The van der Waals surface area contributed by atoms with Gasteiger partial charge in [0.1, 0.15) is 12.4 Å². The molecule has 2 heteroatoms. The Morgan fingerprint density at radius 2 is 2.21 bits per heavy atom. The van der Waals surface area contributed by atoms with E-state index >= 15 is 0 Å². The van der Waals surface area contributed by atoms with Crippen LogP contribution in [0.15, 0.2) is 19.0 Å². The molecule has 0 atom stereocenters. The SMILES string of the molecule is C=C(CC)c1n(CCCC)cc[n+]1C. The lowest BCUT2D eigenvalue weighted by molar-refractivity contribution is -0.673. The van der Waals surface area contributed by atoms with E-state index in [0.717, 1.165) is 13.0 Å². The Balaban J connectivity index is 2.88. The third-order valence-electron chi connectivity index (χ3n) is 2.57. The zero-order chi connectivity index (χ0) is 10.6. The predicted octanol–water partition coefficient (Wildman–Crippen LogP) is 2.54. The molecule has 0 N–H and O–H groups in total. The van der Waals surface area contributed by atoms with Crippen LogP contribution in [0.4, 0.5) is 0 Å². The number of aromatic nitrogens is 2. The van der Waals surface area contributed by atoms with Crippen LogP contribution in [-0.2, 0) is 13.6 Å². The summed E-state index contributed by atoms with van der Waals surface area (Å²) in [4.78, 5) is 0. The first-order valence-electron chi connectivity index (χ1n) is 5.43. The van der Waals surface area contributed by atoms with E-state index in [1.807, 2.05) is 0 Å². The molecule has 78 valence electrons. The molecule has 1 rings (SSSR count). The van der Waals surface area contributed by atoms with E-state index in [1.165, 1.54) is 24.2 Å². The van der Waals surface area contributed by atoms with Crippen molar-refractivity contribution < 1.29 is 4.57 Å². The summed E-state index contributed by atoms with van der Waals surface area (Å²) in [6.45, 7) is 9.58. The zero-order valence-electron chi connectivity index (χ0n) is 9.58. The fourth-order valence-electron chi connectivity index (χ4n) is 1.64. The van der Waals surface area contributed by atoms with E-state index < -0.39 is 0 Å². The second kappa shape index (κ2) is 4.99. The summed E-state index contributed by atoms with van der Waals surface area (Å²) < 4.78 is 4.46. The Bertz CT molecular complexity index is 310. The van der Waals surface area contributed by atoms with Crippen LogP contribution in [0.25, 0.3) is 5.57 Å². The zero-order valence-corrected chi connectivity index (χ0v) is 9.58. The molecule has 0 aliphatic heterocycles. The van der Waals surface area contributed by atoms with Crippen LogP contribution in [-0.4, -0.2) is 4.57 Å². The minimum Gasteiger partial charge on any atom is -0.233 e. The summed E-state index contributed by atoms with van der Waals surface area (Å²) in [6, 6.07) is 0. The third kappa shape index (κ3) is 2.25. The molecule has 1 aromatic rings. The van der Waals surface area contributed by atoms with E-state index in [-0.39, 0.29) is 0 Å². The number of aryl methyl sites for hydroxylation is 2. The van der Waals surface area contributed by atoms with E-state index in [9.17, 15) is 0 Å². The molecule has 0 fully saturated rings. The monoisotopic (exact) mass is 193 g/mol. The van der Waals surface area contributed by atoms with Crippen molar-refractivity contribution in [2.24, 2.45) is 7.05 Å². The van der Waals surface area contributed by atoms with Gasteiger partial charge in [-0.05, 0) is 12.8 Å². The first-order valence-corrected chi connectivity index (χ1v) is 5.43. The number of imidazole rings is 1. The molecule has 0 saturated carbocycles. The molecule has 2 nitrogen and oxygen atoms in total. The molecule has 0 aliphatic carbocycles. The summed E-state index contributed by atoms with van der Waals surface area (Å²) in [5, 5.41) is 0. The fraction of sp³-hybridized carbons (Fsp3) is 0.583.